The van der Waals surface area contributed by atoms with Crippen LogP contribution in [0.15, 0.2) is 48.5 Å². The molecule has 5 nitrogen and oxygen atoms in total. The largest absolute Gasteiger partial charge is 0.465 e. The van der Waals surface area contributed by atoms with Gasteiger partial charge in [0.25, 0.3) is 5.91 Å². The Hall–Kier alpha value is -2.89. The highest BCUT2D eigenvalue weighted by Crippen LogP contribution is 2.26. The molecule has 6 heteroatoms. The summed E-state index contributed by atoms with van der Waals surface area (Å²) in [6, 6.07) is 13.0. The van der Waals surface area contributed by atoms with Crippen LogP contribution in [0.2, 0.25) is 0 Å². The fourth-order valence-electron chi connectivity index (χ4n) is 3.25. The Morgan fingerprint density at radius 2 is 1.62 bits per heavy atom. The van der Waals surface area contributed by atoms with Crippen LogP contribution in [-0.4, -0.2) is 41.1 Å². The number of carbonyl (C=O) groups is 2. The zero-order valence-electron chi connectivity index (χ0n) is 14.6. The number of hydrogen-bond donors (Lipinski definition) is 1. The number of carbonyl (C=O) groups excluding carboxylic acids is 1. The molecule has 1 N–H and O–H groups in total. The van der Waals surface area contributed by atoms with Gasteiger partial charge in [0, 0.05) is 30.4 Å². The van der Waals surface area contributed by atoms with Gasteiger partial charge in [-0.1, -0.05) is 17.7 Å². The van der Waals surface area contributed by atoms with Crippen LogP contribution in [0.3, 0.4) is 0 Å². The summed E-state index contributed by atoms with van der Waals surface area (Å²) in [5.74, 6) is -0.596. The molecule has 136 valence electrons. The van der Waals surface area contributed by atoms with Gasteiger partial charge in [-0.25, -0.2) is 9.18 Å². The first-order valence-electron chi connectivity index (χ1n) is 8.59. The maximum Gasteiger partial charge on any atom is 0.407 e. The van der Waals surface area contributed by atoms with Crippen LogP contribution in [0.1, 0.15) is 28.8 Å². The fraction of sp³-hybridized carbons (Fsp3) is 0.300. The van der Waals surface area contributed by atoms with Crippen LogP contribution in [-0.2, 0) is 0 Å². The SMILES string of the molecule is Cc1ccc(N(C(=O)c2ccc(F)cc2)C2CCN(C(=O)O)CC2)cc1. The molecule has 2 amide bonds. The van der Waals surface area contributed by atoms with E-state index in [0.717, 1.165) is 11.3 Å². The third kappa shape index (κ3) is 3.85. The van der Waals surface area contributed by atoms with Crippen molar-refractivity contribution in [2.24, 2.45) is 0 Å². The molecule has 0 aliphatic carbocycles. The summed E-state index contributed by atoms with van der Waals surface area (Å²) < 4.78 is 13.2. The number of nitrogens with zero attached hydrogens (tertiary/aromatic N) is 2. The number of amides is 2. The molecule has 2 aromatic rings. The Morgan fingerprint density at radius 1 is 1.04 bits per heavy atom. The number of hydrogen-bond acceptors (Lipinski definition) is 2. The van der Waals surface area contributed by atoms with Crippen molar-refractivity contribution in [3.05, 3.63) is 65.5 Å². The normalized spacial score (nSPS) is 14.9. The maximum absolute atomic E-state index is 13.2. The zero-order chi connectivity index (χ0) is 18.7. The number of halogens is 1. The third-order valence-corrected chi connectivity index (χ3v) is 4.72. The monoisotopic (exact) mass is 356 g/mol. The van der Waals surface area contributed by atoms with Crippen LogP contribution >= 0.6 is 0 Å². The van der Waals surface area contributed by atoms with Crippen molar-refractivity contribution in [3.8, 4) is 0 Å². The molecule has 0 unspecified atom stereocenters. The summed E-state index contributed by atoms with van der Waals surface area (Å²) in [6.07, 6.45) is 0.190. The van der Waals surface area contributed by atoms with E-state index < -0.39 is 11.9 Å². The Balaban J connectivity index is 1.89. The molecule has 1 heterocycles. The van der Waals surface area contributed by atoms with E-state index in [0.29, 0.717) is 31.5 Å². The number of rotatable bonds is 3. The summed E-state index contributed by atoms with van der Waals surface area (Å²) in [6.45, 7) is 2.75. The third-order valence-electron chi connectivity index (χ3n) is 4.72. The van der Waals surface area contributed by atoms with E-state index in [4.69, 9.17) is 5.11 Å². The minimum atomic E-state index is -0.935. The van der Waals surface area contributed by atoms with Crippen molar-refractivity contribution in [3.63, 3.8) is 0 Å². The predicted molar refractivity (Wildman–Crippen MR) is 97.0 cm³/mol. The summed E-state index contributed by atoms with van der Waals surface area (Å²) in [5, 5.41) is 9.13. The first-order chi connectivity index (χ1) is 12.5. The Bertz CT molecular complexity index is 782. The molecule has 1 aliphatic rings. The van der Waals surface area contributed by atoms with Gasteiger partial charge >= 0.3 is 6.09 Å². The second-order valence-electron chi connectivity index (χ2n) is 6.52. The van der Waals surface area contributed by atoms with E-state index >= 15 is 0 Å². The fourth-order valence-corrected chi connectivity index (χ4v) is 3.25. The van der Waals surface area contributed by atoms with Gasteiger partial charge in [0.1, 0.15) is 5.82 Å². The summed E-state index contributed by atoms with van der Waals surface area (Å²) in [7, 11) is 0. The topological polar surface area (TPSA) is 60.9 Å². The molecule has 1 saturated heterocycles. The highest BCUT2D eigenvalue weighted by atomic mass is 19.1. The molecule has 0 spiro atoms. The van der Waals surface area contributed by atoms with E-state index in [1.807, 2.05) is 31.2 Å². The second kappa shape index (κ2) is 7.56. The lowest BCUT2D eigenvalue weighted by Gasteiger charge is -2.37. The Morgan fingerprint density at radius 3 is 2.15 bits per heavy atom. The van der Waals surface area contributed by atoms with Gasteiger partial charge in [-0.3, -0.25) is 4.79 Å². The first kappa shape index (κ1) is 17.9. The molecule has 26 heavy (non-hydrogen) atoms. The summed E-state index contributed by atoms with van der Waals surface area (Å²) in [5.41, 5.74) is 2.26. The van der Waals surface area contributed by atoms with Crippen molar-refractivity contribution in [1.82, 2.24) is 4.90 Å². The van der Waals surface area contributed by atoms with Crippen molar-refractivity contribution in [2.45, 2.75) is 25.8 Å². The van der Waals surface area contributed by atoms with Crippen LogP contribution in [0.25, 0.3) is 0 Å². The van der Waals surface area contributed by atoms with E-state index in [1.54, 1.807) is 4.90 Å². The minimum Gasteiger partial charge on any atom is -0.465 e. The molecule has 1 fully saturated rings. The van der Waals surface area contributed by atoms with Crippen LogP contribution in [0, 0.1) is 12.7 Å². The average molecular weight is 356 g/mol. The van der Waals surface area contributed by atoms with Gasteiger partial charge in [0.15, 0.2) is 0 Å². The summed E-state index contributed by atoms with van der Waals surface area (Å²) in [4.78, 5) is 27.3. The lowest BCUT2D eigenvalue weighted by atomic mass is 10.0. The quantitative estimate of drug-likeness (QED) is 0.907. The number of piperidine rings is 1. The molecule has 1 aliphatic heterocycles. The van der Waals surface area contributed by atoms with Gasteiger partial charge in [-0.15, -0.1) is 0 Å². The molecule has 0 saturated carbocycles. The first-order valence-corrected chi connectivity index (χ1v) is 8.59. The number of benzene rings is 2. The van der Waals surface area contributed by atoms with Gasteiger partial charge in [-0.05, 0) is 56.2 Å². The van der Waals surface area contributed by atoms with E-state index in [1.165, 1.54) is 29.2 Å². The molecule has 2 aromatic carbocycles. The molecular weight excluding hydrogens is 335 g/mol. The van der Waals surface area contributed by atoms with Gasteiger partial charge in [-0.2, -0.15) is 0 Å². The number of aryl methyl sites for hydroxylation is 1. The highest BCUT2D eigenvalue weighted by Gasteiger charge is 2.31. The van der Waals surface area contributed by atoms with Crippen molar-refractivity contribution in [1.29, 1.82) is 0 Å². The molecule has 0 aromatic heterocycles. The maximum atomic E-state index is 13.2. The Labute approximate surface area is 151 Å². The van der Waals surface area contributed by atoms with E-state index in [-0.39, 0.29) is 11.9 Å². The molecule has 3 rings (SSSR count). The van der Waals surface area contributed by atoms with Crippen LogP contribution in [0.4, 0.5) is 14.9 Å². The lowest BCUT2D eigenvalue weighted by molar-refractivity contribution is 0.0957. The van der Waals surface area contributed by atoms with Crippen molar-refractivity contribution in [2.75, 3.05) is 18.0 Å². The van der Waals surface area contributed by atoms with Gasteiger partial charge in [0.05, 0.1) is 0 Å². The number of carboxylic acid groups (broad SMARTS) is 1. The smallest absolute Gasteiger partial charge is 0.407 e. The molecular formula is C20H21FN2O3. The van der Waals surface area contributed by atoms with Crippen molar-refractivity contribution < 1.29 is 19.1 Å². The lowest BCUT2D eigenvalue weighted by Crippen LogP contribution is -2.48. The number of likely N-dealkylation sites (tertiary alicyclic amines) is 1. The molecule has 0 radical (unpaired) electrons. The average Bonchev–Trinajstić information content (AvgIpc) is 2.64. The zero-order valence-corrected chi connectivity index (χ0v) is 14.6. The number of anilines is 1. The van der Waals surface area contributed by atoms with Crippen LogP contribution in [0.5, 0.6) is 0 Å². The molecule has 0 atom stereocenters. The summed E-state index contributed by atoms with van der Waals surface area (Å²) >= 11 is 0. The second-order valence-corrected chi connectivity index (χ2v) is 6.52. The minimum absolute atomic E-state index is 0.106. The van der Waals surface area contributed by atoms with Gasteiger partial charge in [0.2, 0.25) is 0 Å². The van der Waals surface area contributed by atoms with E-state index in [2.05, 4.69) is 0 Å². The molecule has 0 bridgehead atoms. The highest BCUT2D eigenvalue weighted by molar-refractivity contribution is 6.06. The Kier molecular flexibility index (Phi) is 5.21. The predicted octanol–water partition coefficient (Wildman–Crippen LogP) is 3.92. The standard InChI is InChI=1S/C20H21FN2O3/c1-14-2-8-17(9-3-14)23(18-10-12-22(13-11-18)20(25)26)19(24)15-4-6-16(21)7-5-15/h2-9,18H,10-13H2,1H3,(H,25,26). The van der Waals surface area contributed by atoms with Crippen LogP contribution < -0.4 is 4.90 Å². The van der Waals surface area contributed by atoms with E-state index in [9.17, 15) is 14.0 Å². The van der Waals surface area contributed by atoms with Crippen molar-refractivity contribution >= 4 is 17.7 Å². The van der Waals surface area contributed by atoms with Gasteiger partial charge < -0.3 is 14.9 Å².